The molecule has 2 heterocycles. The Morgan fingerprint density at radius 3 is 2.64 bits per heavy atom. The summed E-state index contributed by atoms with van der Waals surface area (Å²) < 4.78 is 11.4. The van der Waals surface area contributed by atoms with Crippen LogP contribution < -0.4 is 9.47 Å². The molecular weight excluding hydrogens is 278 g/mol. The Labute approximate surface area is 129 Å². The van der Waals surface area contributed by atoms with E-state index < -0.39 is 0 Å². The van der Waals surface area contributed by atoms with E-state index in [4.69, 9.17) is 9.47 Å². The second-order valence-corrected chi connectivity index (χ2v) is 5.98. The average molecular weight is 297 g/mol. The highest BCUT2D eigenvalue weighted by molar-refractivity contribution is 5.33. The van der Waals surface area contributed by atoms with Gasteiger partial charge >= 0.3 is 0 Å². The maximum Gasteiger partial charge on any atom is 0.237 e. The third-order valence-corrected chi connectivity index (χ3v) is 4.05. The van der Waals surface area contributed by atoms with E-state index in [2.05, 4.69) is 14.9 Å². The molecule has 1 aromatic carbocycles. The third-order valence-electron chi connectivity index (χ3n) is 4.05. The minimum absolute atomic E-state index is 0.491. The van der Waals surface area contributed by atoms with Gasteiger partial charge in [0.25, 0.3) is 0 Å². The molecule has 0 spiro atoms. The molecule has 0 amide bonds. The number of nitrogens with zero attached hydrogens (tertiary/aromatic N) is 3. The van der Waals surface area contributed by atoms with Gasteiger partial charge in [-0.15, -0.1) is 0 Å². The smallest absolute Gasteiger partial charge is 0.237 e. The Bertz CT molecular complexity index is 614. The first-order valence-electron chi connectivity index (χ1n) is 7.77. The van der Waals surface area contributed by atoms with E-state index in [1.54, 1.807) is 18.6 Å². The van der Waals surface area contributed by atoms with Crippen molar-refractivity contribution in [2.24, 2.45) is 5.92 Å². The second kappa shape index (κ2) is 5.93. The van der Waals surface area contributed by atoms with Gasteiger partial charge < -0.3 is 9.47 Å². The molecule has 1 aromatic heterocycles. The van der Waals surface area contributed by atoms with Crippen LogP contribution in [-0.2, 0) is 0 Å². The number of benzene rings is 1. The Kier molecular flexibility index (Phi) is 3.64. The van der Waals surface area contributed by atoms with Crippen molar-refractivity contribution >= 4 is 0 Å². The Morgan fingerprint density at radius 1 is 1.09 bits per heavy atom. The number of aromatic nitrogens is 2. The largest absolute Gasteiger partial charge is 0.492 e. The topological polar surface area (TPSA) is 47.2 Å². The van der Waals surface area contributed by atoms with Gasteiger partial charge in [0.05, 0.1) is 12.2 Å². The summed E-state index contributed by atoms with van der Waals surface area (Å²) in [7, 11) is 0. The van der Waals surface area contributed by atoms with E-state index >= 15 is 0 Å². The fourth-order valence-corrected chi connectivity index (χ4v) is 2.49. The van der Waals surface area contributed by atoms with Gasteiger partial charge in [-0.3, -0.25) is 9.88 Å². The van der Waals surface area contributed by atoms with E-state index in [0.717, 1.165) is 24.0 Å². The molecule has 2 unspecified atom stereocenters. The molecule has 2 aromatic rings. The van der Waals surface area contributed by atoms with Gasteiger partial charge in [-0.2, -0.15) is 0 Å². The van der Waals surface area contributed by atoms with Gasteiger partial charge in [-0.25, -0.2) is 4.98 Å². The summed E-state index contributed by atoms with van der Waals surface area (Å²) in [6.07, 6.45) is 7.64. The van der Waals surface area contributed by atoms with E-state index in [-0.39, 0.29) is 0 Å². The predicted octanol–water partition coefficient (Wildman–Crippen LogP) is 2.74. The summed E-state index contributed by atoms with van der Waals surface area (Å²) in [6.45, 7) is 3.22. The monoisotopic (exact) mass is 297 g/mol. The summed E-state index contributed by atoms with van der Waals surface area (Å²) in [5.74, 6) is 3.06. The molecule has 1 aliphatic carbocycles. The molecule has 0 N–H and O–H groups in total. The quantitative estimate of drug-likeness (QED) is 0.735. The number of hydrogen-bond donors (Lipinski definition) is 0. The van der Waals surface area contributed by atoms with Crippen molar-refractivity contribution in [3.63, 3.8) is 0 Å². The third kappa shape index (κ3) is 3.54. The first-order valence-corrected chi connectivity index (χ1v) is 7.77. The fraction of sp³-hybridized carbons (Fsp3) is 0.412. The first-order chi connectivity index (χ1) is 10.9. The highest BCUT2D eigenvalue weighted by Gasteiger charge is 2.38. The summed E-state index contributed by atoms with van der Waals surface area (Å²) >= 11 is 0. The van der Waals surface area contributed by atoms with E-state index in [1.807, 2.05) is 24.3 Å². The molecule has 0 bridgehead atoms. The van der Waals surface area contributed by atoms with Crippen molar-refractivity contribution in [3.8, 4) is 17.4 Å². The summed E-state index contributed by atoms with van der Waals surface area (Å²) in [5, 5.41) is 0. The number of rotatable bonds is 7. The molecule has 0 radical (unpaired) electrons. The molecule has 22 heavy (non-hydrogen) atoms. The number of hydrogen-bond acceptors (Lipinski definition) is 5. The van der Waals surface area contributed by atoms with Crippen LogP contribution in [0.5, 0.6) is 17.4 Å². The molecule has 5 heteroatoms. The van der Waals surface area contributed by atoms with Gasteiger partial charge in [-0.05, 0) is 43.0 Å². The normalized spacial score (nSPS) is 23.1. The maximum absolute atomic E-state index is 5.84. The Morgan fingerprint density at radius 2 is 1.91 bits per heavy atom. The molecule has 5 nitrogen and oxygen atoms in total. The summed E-state index contributed by atoms with van der Waals surface area (Å²) in [6, 6.07) is 8.24. The van der Waals surface area contributed by atoms with Crippen LogP contribution in [0.1, 0.15) is 12.8 Å². The van der Waals surface area contributed by atoms with Gasteiger partial charge in [0.1, 0.15) is 18.1 Å². The SMILES string of the molecule is c1cnc(Oc2ccc(OCC3CN3CC3CC3)cc2)cn1. The lowest BCUT2D eigenvalue weighted by Gasteiger charge is -2.08. The standard InChI is InChI=1S/C17H19N3O2/c1-2-13(1)10-20-11-14(20)12-21-15-3-5-16(6-4-15)22-17-9-18-7-8-19-17/h3-9,13-14H,1-2,10-12H2. The van der Waals surface area contributed by atoms with Crippen molar-refractivity contribution in [1.82, 2.24) is 14.9 Å². The zero-order valence-corrected chi connectivity index (χ0v) is 12.4. The van der Waals surface area contributed by atoms with Gasteiger partial charge in [0, 0.05) is 25.5 Å². The average Bonchev–Trinajstić information content (AvgIpc) is 3.47. The Hall–Kier alpha value is -2.14. The van der Waals surface area contributed by atoms with Crippen molar-refractivity contribution in [3.05, 3.63) is 42.9 Å². The van der Waals surface area contributed by atoms with E-state index in [0.29, 0.717) is 11.9 Å². The zero-order chi connectivity index (χ0) is 14.8. The van der Waals surface area contributed by atoms with Gasteiger partial charge in [0.15, 0.2) is 0 Å². The van der Waals surface area contributed by atoms with Crippen LogP contribution >= 0.6 is 0 Å². The molecule has 1 saturated carbocycles. The minimum atomic E-state index is 0.491. The van der Waals surface area contributed by atoms with Crippen LogP contribution in [0, 0.1) is 5.92 Å². The molecule has 1 aliphatic heterocycles. The highest BCUT2D eigenvalue weighted by Crippen LogP contribution is 2.33. The molecule has 1 saturated heterocycles. The van der Waals surface area contributed by atoms with Crippen LogP contribution in [0.4, 0.5) is 0 Å². The van der Waals surface area contributed by atoms with Crippen molar-refractivity contribution in [1.29, 1.82) is 0 Å². The van der Waals surface area contributed by atoms with Crippen LogP contribution in [0.3, 0.4) is 0 Å². The highest BCUT2D eigenvalue weighted by atomic mass is 16.5. The molecule has 2 atom stereocenters. The lowest BCUT2D eigenvalue weighted by molar-refractivity contribution is 0.291. The Balaban J connectivity index is 1.25. The second-order valence-electron chi connectivity index (χ2n) is 5.98. The molecule has 4 rings (SSSR count). The zero-order valence-electron chi connectivity index (χ0n) is 12.4. The molecule has 2 fully saturated rings. The van der Waals surface area contributed by atoms with Crippen LogP contribution in [0.15, 0.2) is 42.9 Å². The summed E-state index contributed by atoms with van der Waals surface area (Å²) in [5.41, 5.74) is 0. The lowest BCUT2D eigenvalue weighted by atomic mass is 10.3. The number of ether oxygens (including phenoxy) is 2. The van der Waals surface area contributed by atoms with E-state index in [9.17, 15) is 0 Å². The van der Waals surface area contributed by atoms with Crippen LogP contribution in [0.2, 0.25) is 0 Å². The van der Waals surface area contributed by atoms with E-state index in [1.165, 1.54) is 25.9 Å². The fourth-order valence-electron chi connectivity index (χ4n) is 2.49. The van der Waals surface area contributed by atoms with Crippen molar-refractivity contribution in [2.45, 2.75) is 18.9 Å². The van der Waals surface area contributed by atoms with Crippen LogP contribution in [-0.4, -0.2) is 40.6 Å². The first kappa shape index (κ1) is 13.5. The minimum Gasteiger partial charge on any atom is -0.492 e. The van der Waals surface area contributed by atoms with Crippen molar-refractivity contribution in [2.75, 3.05) is 19.7 Å². The van der Waals surface area contributed by atoms with Gasteiger partial charge in [-0.1, -0.05) is 0 Å². The molecule has 2 aliphatic rings. The summed E-state index contributed by atoms with van der Waals surface area (Å²) in [4.78, 5) is 10.6. The lowest BCUT2D eigenvalue weighted by Crippen LogP contribution is -2.12. The van der Waals surface area contributed by atoms with Crippen molar-refractivity contribution < 1.29 is 9.47 Å². The van der Waals surface area contributed by atoms with Crippen LogP contribution in [0.25, 0.3) is 0 Å². The van der Waals surface area contributed by atoms with Gasteiger partial charge in [0.2, 0.25) is 5.88 Å². The predicted molar refractivity (Wildman–Crippen MR) is 82.1 cm³/mol. The molecular formula is C17H19N3O2. The molecule has 114 valence electrons. The maximum atomic E-state index is 5.84.